The molecular formula is C18H25NO6S. The molecule has 0 aromatic rings. The molecule has 0 aromatic heterocycles. The zero-order valence-corrected chi connectivity index (χ0v) is 16.2. The fraction of sp³-hybridized carbons (Fsp3) is 0.500. The molecule has 26 heavy (non-hydrogen) atoms. The highest BCUT2D eigenvalue weighted by Crippen LogP contribution is 2.17. The molecule has 1 unspecified atom stereocenters. The highest BCUT2D eigenvalue weighted by molar-refractivity contribution is 7.99. The zero-order valence-electron chi connectivity index (χ0n) is 15.4. The molecule has 0 amide bonds. The minimum atomic E-state index is -0.731. The average Bonchev–Trinajstić information content (AvgIpc) is 2.73. The molecule has 0 saturated carbocycles. The van der Waals surface area contributed by atoms with E-state index >= 15 is 0 Å². The van der Waals surface area contributed by atoms with Gasteiger partial charge in [0.15, 0.2) is 0 Å². The van der Waals surface area contributed by atoms with Gasteiger partial charge >= 0.3 is 17.9 Å². The Morgan fingerprint density at radius 1 is 1.31 bits per heavy atom. The van der Waals surface area contributed by atoms with Gasteiger partial charge in [-0.15, -0.1) is 0 Å². The minimum Gasteiger partial charge on any atom is -0.462 e. The number of allylic oxidation sites excluding steroid dienone is 2. The average molecular weight is 383 g/mol. The number of carbonyl (C=O) groups is 3. The van der Waals surface area contributed by atoms with Crippen LogP contribution in [-0.2, 0) is 28.6 Å². The van der Waals surface area contributed by atoms with E-state index in [9.17, 15) is 14.4 Å². The van der Waals surface area contributed by atoms with E-state index in [2.05, 4.69) is 6.58 Å². The van der Waals surface area contributed by atoms with Gasteiger partial charge in [0.2, 0.25) is 0 Å². The van der Waals surface area contributed by atoms with Crippen molar-refractivity contribution in [1.82, 2.24) is 4.90 Å². The second kappa shape index (κ2) is 11.4. The maximum Gasteiger partial charge on any atom is 0.345 e. The van der Waals surface area contributed by atoms with Crippen LogP contribution in [0.4, 0.5) is 0 Å². The van der Waals surface area contributed by atoms with Crippen LogP contribution < -0.4 is 0 Å². The monoisotopic (exact) mass is 383 g/mol. The largest absolute Gasteiger partial charge is 0.462 e. The molecule has 0 N–H and O–H groups in total. The van der Waals surface area contributed by atoms with Crippen molar-refractivity contribution in [2.24, 2.45) is 0 Å². The van der Waals surface area contributed by atoms with Crippen molar-refractivity contribution in [2.45, 2.75) is 20.0 Å². The number of hydrogen-bond acceptors (Lipinski definition) is 8. The summed E-state index contributed by atoms with van der Waals surface area (Å²) in [6, 6.07) is 0. The third kappa shape index (κ3) is 7.35. The Hall–Kier alpha value is -2.22. The van der Waals surface area contributed by atoms with Crippen molar-refractivity contribution < 1.29 is 28.6 Å². The second-order valence-corrected chi connectivity index (χ2v) is 6.48. The lowest BCUT2D eigenvalue weighted by Gasteiger charge is -2.21. The predicted molar refractivity (Wildman–Crippen MR) is 99.5 cm³/mol. The summed E-state index contributed by atoms with van der Waals surface area (Å²) < 4.78 is 15.1. The van der Waals surface area contributed by atoms with Gasteiger partial charge in [-0.05, 0) is 32.2 Å². The number of nitrogens with zero attached hydrogens (tertiary/aromatic N) is 1. The molecule has 0 aromatic carbocycles. The van der Waals surface area contributed by atoms with Crippen LogP contribution in [0.15, 0.2) is 36.1 Å². The predicted octanol–water partition coefficient (Wildman–Crippen LogP) is 1.70. The fourth-order valence-corrected chi connectivity index (χ4v) is 2.95. The van der Waals surface area contributed by atoms with E-state index in [0.29, 0.717) is 23.6 Å². The SMILES string of the molecule is C=C1CSCC(CN(C)C=CC=C(C(=O)OCC)C(=O)OCC)OC1=O. The summed E-state index contributed by atoms with van der Waals surface area (Å²) in [4.78, 5) is 37.2. The molecule has 7 nitrogen and oxygen atoms in total. The second-order valence-electron chi connectivity index (χ2n) is 5.45. The van der Waals surface area contributed by atoms with Crippen molar-refractivity contribution in [3.8, 4) is 0 Å². The first-order valence-electron chi connectivity index (χ1n) is 8.28. The molecule has 144 valence electrons. The summed E-state index contributed by atoms with van der Waals surface area (Å²) in [6.45, 7) is 7.80. The summed E-state index contributed by atoms with van der Waals surface area (Å²) in [5.74, 6) is -0.587. The number of esters is 3. The van der Waals surface area contributed by atoms with E-state index in [-0.39, 0.29) is 30.9 Å². The lowest BCUT2D eigenvalue weighted by molar-refractivity contribution is -0.147. The van der Waals surface area contributed by atoms with Gasteiger partial charge in [0.1, 0.15) is 11.7 Å². The first-order chi connectivity index (χ1) is 12.4. The third-order valence-corrected chi connectivity index (χ3v) is 4.39. The Morgan fingerprint density at radius 3 is 2.50 bits per heavy atom. The lowest BCUT2D eigenvalue weighted by Crippen LogP contribution is -2.30. The molecule has 0 radical (unpaired) electrons. The van der Waals surface area contributed by atoms with E-state index in [1.54, 1.807) is 49.8 Å². The number of likely N-dealkylation sites (N-methyl/N-ethyl adjacent to an activating group) is 1. The minimum absolute atomic E-state index is 0.162. The molecule has 1 aliphatic heterocycles. The van der Waals surface area contributed by atoms with Crippen LogP contribution in [0.1, 0.15) is 13.8 Å². The van der Waals surface area contributed by atoms with Crippen LogP contribution in [0, 0.1) is 0 Å². The lowest BCUT2D eigenvalue weighted by atomic mass is 10.2. The number of carbonyl (C=O) groups excluding carboxylic acids is 3. The van der Waals surface area contributed by atoms with Gasteiger partial charge in [0.25, 0.3) is 0 Å². The standard InChI is InChI=1S/C18H25NO6S/c1-5-23-17(21)15(18(22)24-6-2)8-7-9-19(4)10-14-12-26-11-13(3)16(20)25-14/h7-9,14H,3,5-6,10-12H2,1-2,4H3. The Bertz CT molecular complexity index is 578. The summed E-state index contributed by atoms with van der Waals surface area (Å²) in [5, 5.41) is 0. The number of thioether (sulfide) groups is 1. The first kappa shape index (κ1) is 21.8. The molecule has 1 atom stereocenters. The molecule has 8 heteroatoms. The number of hydrogen-bond donors (Lipinski definition) is 0. The Morgan fingerprint density at radius 2 is 1.92 bits per heavy atom. The maximum atomic E-state index is 11.8. The molecule has 1 heterocycles. The molecule has 1 rings (SSSR count). The molecule has 1 saturated heterocycles. The third-order valence-electron chi connectivity index (χ3n) is 3.23. The van der Waals surface area contributed by atoms with Gasteiger partial charge in [-0.2, -0.15) is 11.8 Å². The Kier molecular flexibility index (Phi) is 9.57. The Labute approximate surface area is 158 Å². The van der Waals surface area contributed by atoms with Crippen molar-refractivity contribution in [1.29, 1.82) is 0 Å². The molecule has 0 aliphatic carbocycles. The number of ether oxygens (including phenoxy) is 3. The highest BCUT2D eigenvalue weighted by atomic mass is 32.2. The highest BCUT2D eigenvalue weighted by Gasteiger charge is 2.22. The van der Waals surface area contributed by atoms with Crippen LogP contribution >= 0.6 is 11.8 Å². The maximum absolute atomic E-state index is 11.8. The van der Waals surface area contributed by atoms with E-state index in [1.165, 1.54) is 6.08 Å². The van der Waals surface area contributed by atoms with Crippen molar-refractivity contribution >= 4 is 29.7 Å². The van der Waals surface area contributed by atoms with Gasteiger partial charge in [-0.3, -0.25) is 0 Å². The molecule has 0 spiro atoms. The van der Waals surface area contributed by atoms with Crippen molar-refractivity contribution in [2.75, 3.05) is 38.3 Å². The summed E-state index contributed by atoms with van der Waals surface area (Å²) in [5.41, 5.74) is 0.290. The molecular weight excluding hydrogens is 358 g/mol. The van der Waals surface area contributed by atoms with Gasteiger partial charge in [-0.25, -0.2) is 14.4 Å². The van der Waals surface area contributed by atoms with Gasteiger partial charge in [0, 0.05) is 24.1 Å². The molecule has 0 bridgehead atoms. The smallest absolute Gasteiger partial charge is 0.345 e. The quantitative estimate of drug-likeness (QED) is 0.156. The van der Waals surface area contributed by atoms with Crippen LogP contribution in [0.3, 0.4) is 0 Å². The van der Waals surface area contributed by atoms with Crippen molar-refractivity contribution in [3.63, 3.8) is 0 Å². The topological polar surface area (TPSA) is 82.1 Å². The van der Waals surface area contributed by atoms with E-state index in [1.807, 2.05) is 0 Å². The van der Waals surface area contributed by atoms with Crippen molar-refractivity contribution in [3.05, 3.63) is 36.1 Å². The van der Waals surface area contributed by atoms with Crippen LogP contribution in [0.5, 0.6) is 0 Å². The van der Waals surface area contributed by atoms with Crippen LogP contribution in [-0.4, -0.2) is 67.2 Å². The van der Waals surface area contributed by atoms with Gasteiger partial charge in [0.05, 0.1) is 19.8 Å². The van der Waals surface area contributed by atoms with E-state index in [4.69, 9.17) is 14.2 Å². The summed E-state index contributed by atoms with van der Waals surface area (Å²) in [7, 11) is 1.80. The zero-order chi connectivity index (χ0) is 19.5. The Balaban J connectivity index is 2.70. The number of cyclic esters (lactones) is 1. The molecule has 1 fully saturated rings. The van der Waals surface area contributed by atoms with Gasteiger partial charge in [-0.1, -0.05) is 6.58 Å². The van der Waals surface area contributed by atoms with Gasteiger partial charge < -0.3 is 19.1 Å². The van der Waals surface area contributed by atoms with Crippen LogP contribution in [0.2, 0.25) is 0 Å². The normalized spacial score (nSPS) is 17.3. The van der Waals surface area contributed by atoms with E-state index in [0.717, 1.165) is 0 Å². The van der Waals surface area contributed by atoms with E-state index < -0.39 is 11.9 Å². The van der Waals surface area contributed by atoms with Crippen LogP contribution in [0.25, 0.3) is 0 Å². The summed E-state index contributed by atoms with van der Waals surface area (Å²) >= 11 is 1.59. The summed E-state index contributed by atoms with van der Waals surface area (Å²) in [6.07, 6.45) is 4.31. The number of rotatable bonds is 8. The molecule has 1 aliphatic rings. The first-order valence-corrected chi connectivity index (χ1v) is 9.43. The fourth-order valence-electron chi connectivity index (χ4n) is 2.04.